The molecule has 1 aromatic carbocycles. The maximum absolute atomic E-state index is 10.8. The van der Waals surface area contributed by atoms with E-state index in [9.17, 15) is 4.79 Å². The van der Waals surface area contributed by atoms with Gasteiger partial charge in [0, 0.05) is 9.86 Å². The van der Waals surface area contributed by atoms with Gasteiger partial charge in [-0.15, -0.1) is 0 Å². The second kappa shape index (κ2) is 3.66. The van der Waals surface area contributed by atoms with E-state index in [1.54, 1.807) is 13.0 Å². The number of carboxylic acids is 1. The van der Waals surface area contributed by atoms with Crippen molar-refractivity contribution in [1.29, 1.82) is 0 Å². The predicted octanol–water partition coefficient (Wildman–Crippen LogP) is 2.78. The van der Waals surface area contributed by atoms with Crippen LogP contribution in [0.5, 0.6) is 0 Å². The topological polar surface area (TPSA) is 63.3 Å². The van der Waals surface area contributed by atoms with E-state index in [4.69, 9.17) is 9.63 Å². The van der Waals surface area contributed by atoms with Crippen LogP contribution in [0.4, 0.5) is 0 Å². The summed E-state index contributed by atoms with van der Waals surface area (Å²) >= 11 is 3.33. The van der Waals surface area contributed by atoms with Gasteiger partial charge in [0.15, 0.2) is 5.76 Å². The smallest absolute Gasteiger partial charge is 0.314 e. The van der Waals surface area contributed by atoms with Crippen molar-refractivity contribution in [2.75, 3.05) is 0 Å². The lowest BCUT2D eigenvalue weighted by atomic mass is 10.1. The molecule has 0 saturated carbocycles. The highest BCUT2D eigenvalue weighted by Gasteiger charge is 2.22. The third-order valence-electron chi connectivity index (χ3n) is 2.25. The first kappa shape index (κ1) is 10.2. The Morgan fingerprint density at radius 2 is 2.33 bits per heavy atom. The molecule has 0 radical (unpaired) electrons. The van der Waals surface area contributed by atoms with E-state index in [0.717, 1.165) is 9.86 Å². The zero-order valence-corrected chi connectivity index (χ0v) is 9.48. The Kier molecular flexibility index (Phi) is 2.48. The molecule has 0 aliphatic carbocycles. The summed E-state index contributed by atoms with van der Waals surface area (Å²) in [7, 11) is 0. The molecule has 2 rings (SSSR count). The van der Waals surface area contributed by atoms with Gasteiger partial charge in [-0.2, -0.15) is 0 Å². The summed E-state index contributed by atoms with van der Waals surface area (Å²) in [5, 5.41) is 13.5. The molecular formula is C10H8BrNO3. The molecule has 4 nitrogen and oxygen atoms in total. The Morgan fingerprint density at radius 1 is 1.60 bits per heavy atom. The minimum Gasteiger partial charge on any atom is -0.481 e. The number of rotatable bonds is 2. The van der Waals surface area contributed by atoms with E-state index in [-0.39, 0.29) is 0 Å². The average molecular weight is 270 g/mol. The number of benzene rings is 1. The van der Waals surface area contributed by atoms with E-state index in [0.29, 0.717) is 11.3 Å². The molecule has 5 heteroatoms. The number of carbonyl (C=O) groups is 1. The molecule has 0 amide bonds. The number of aliphatic carboxylic acids is 1. The zero-order valence-electron chi connectivity index (χ0n) is 7.90. The largest absolute Gasteiger partial charge is 0.481 e. The lowest BCUT2D eigenvalue weighted by Crippen LogP contribution is -2.06. The summed E-state index contributed by atoms with van der Waals surface area (Å²) in [5.74, 6) is -1.23. The van der Waals surface area contributed by atoms with Crippen molar-refractivity contribution in [2.45, 2.75) is 12.8 Å². The second-order valence-corrected chi connectivity index (χ2v) is 4.10. The van der Waals surface area contributed by atoms with E-state index in [2.05, 4.69) is 21.1 Å². The fourth-order valence-electron chi connectivity index (χ4n) is 1.38. The molecule has 78 valence electrons. The molecule has 15 heavy (non-hydrogen) atoms. The fourth-order valence-corrected chi connectivity index (χ4v) is 1.81. The monoisotopic (exact) mass is 269 g/mol. The summed E-state index contributed by atoms with van der Waals surface area (Å²) in [5.41, 5.74) is 0.653. The van der Waals surface area contributed by atoms with Gasteiger partial charge >= 0.3 is 5.97 Å². The highest BCUT2D eigenvalue weighted by molar-refractivity contribution is 9.10. The number of fused-ring (bicyclic) bond motifs is 1. The van der Waals surface area contributed by atoms with Gasteiger partial charge in [-0.3, -0.25) is 4.79 Å². The van der Waals surface area contributed by atoms with Crippen LogP contribution in [0.3, 0.4) is 0 Å². The lowest BCUT2D eigenvalue weighted by Gasteiger charge is -2.00. The molecule has 1 aromatic heterocycles. The Morgan fingerprint density at radius 3 is 3.00 bits per heavy atom. The summed E-state index contributed by atoms with van der Waals surface area (Å²) in [6.45, 7) is 1.57. The molecule has 2 aromatic rings. The zero-order chi connectivity index (χ0) is 11.0. The normalized spacial score (nSPS) is 12.9. The van der Waals surface area contributed by atoms with E-state index in [1.807, 2.05) is 12.1 Å². The van der Waals surface area contributed by atoms with Crippen molar-refractivity contribution in [2.24, 2.45) is 0 Å². The van der Waals surface area contributed by atoms with Crippen LogP contribution >= 0.6 is 15.9 Å². The van der Waals surface area contributed by atoms with Crippen LogP contribution in [0.1, 0.15) is 18.6 Å². The number of aromatic nitrogens is 1. The molecule has 0 bridgehead atoms. The molecule has 0 spiro atoms. The van der Waals surface area contributed by atoms with Gasteiger partial charge in [0.1, 0.15) is 11.4 Å². The number of hydrogen-bond donors (Lipinski definition) is 1. The second-order valence-electron chi connectivity index (χ2n) is 3.24. The highest BCUT2D eigenvalue weighted by Crippen LogP contribution is 2.29. The first-order valence-corrected chi connectivity index (χ1v) is 5.17. The summed E-state index contributed by atoms with van der Waals surface area (Å²) in [6, 6.07) is 5.45. The van der Waals surface area contributed by atoms with Crippen molar-refractivity contribution in [3.8, 4) is 0 Å². The standard InChI is InChI=1S/C10H8BrNO3/c1-5(10(13)14)9-6-3-2-4-7(11)8(6)12-15-9/h2-5H,1H3,(H,13,14). The van der Waals surface area contributed by atoms with Crippen molar-refractivity contribution in [1.82, 2.24) is 5.16 Å². The van der Waals surface area contributed by atoms with Crippen molar-refractivity contribution >= 4 is 32.8 Å². The quantitative estimate of drug-likeness (QED) is 0.911. The van der Waals surface area contributed by atoms with Crippen molar-refractivity contribution in [3.05, 3.63) is 28.4 Å². The van der Waals surface area contributed by atoms with Crippen LogP contribution < -0.4 is 0 Å². The van der Waals surface area contributed by atoms with Gasteiger partial charge in [-0.05, 0) is 35.0 Å². The van der Waals surface area contributed by atoms with Crippen LogP contribution in [0.25, 0.3) is 10.9 Å². The third-order valence-corrected chi connectivity index (χ3v) is 2.89. The van der Waals surface area contributed by atoms with Gasteiger partial charge in [0.05, 0.1) is 0 Å². The molecule has 1 N–H and O–H groups in total. The van der Waals surface area contributed by atoms with Crippen LogP contribution in [0.2, 0.25) is 0 Å². The molecule has 1 unspecified atom stereocenters. The third kappa shape index (κ3) is 1.63. The van der Waals surface area contributed by atoms with Crippen LogP contribution in [-0.2, 0) is 4.79 Å². The van der Waals surface area contributed by atoms with Gasteiger partial charge in [-0.25, -0.2) is 0 Å². The van der Waals surface area contributed by atoms with Crippen LogP contribution in [0, 0.1) is 0 Å². The Hall–Kier alpha value is -1.36. The van der Waals surface area contributed by atoms with Crippen molar-refractivity contribution in [3.63, 3.8) is 0 Å². The Balaban J connectivity index is 2.64. The fraction of sp³-hybridized carbons (Fsp3) is 0.200. The van der Waals surface area contributed by atoms with Crippen molar-refractivity contribution < 1.29 is 14.4 Å². The minimum absolute atomic E-state index is 0.388. The maximum atomic E-state index is 10.8. The first-order valence-electron chi connectivity index (χ1n) is 4.38. The average Bonchev–Trinajstić information content (AvgIpc) is 2.61. The number of hydrogen-bond acceptors (Lipinski definition) is 3. The highest BCUT2D eigenvalue weighted by atomic mass is 79.9. The maximum Gasteiger partial charge on any atom is 0.314 e. The molecule has 0 aliphatic heterocycles. The Labute approximate surface area is 94.0 Å². The molecular weight excluding hydrogens is 262 g/mol. The van der Waals surface area contributed by atoms with Gasteiger partial charge in [0.25, 0.3) is 0 Å². The van der Waals surface area contributed by atoms with E-state index < -0.39 is 11.9 Å². The Bertz CT molecular complexity index is 520. The molecule has 0 fully saturated rings. The van der Waals surface area contributed by atoms with Gasteiger partial charge < -0.3 is 9.63 Å². The summed E-state index contributed by atoms with van der Waals surface area (Å²) in [4.78, 5) is 10.8. The molecule has 0 aliphatic rings. The van der Waals surface area contributed by atoms with E-state index >= 15 is 0 Å². The van der Waals surface area contributed by atoms with Crippen LogP contribution in [0.15, 0.2) is 27.2 Å². The molecule has 1 heterocycles. The minimum atomic E-state index is -0.923. The number of carboxylic acid groups (broad SMARTS) is 1. The number of halogens is 1. The molecule has 1 atom stereocenters. The molecule has 0 saturated heterocycles. The van der Waals surface area contributed by atoms with Gasteiger partial charge in [0.2, 0.25) is 0 Å². The predicted molar refractivity (Wildman–Crippen MR) is 57.8 cm³/mol. The number of nitrogens with zero attached hydrogens (tertiary/aromatic N) is 1. The summed E-state index contributed by atoms with van der Waals surface area (Å²) in [6.07, 6.45) is 0. The van der Waals surface area contributed by atoms with Gasteiger partial charge in [-0.1, -0.05) is 11.2 Å². The lowest BCUT2D eigenvalue weighted by molar-refractivity contribution is -0.138. The summed E-state index contributed by atoms with van der Waals surface area (Å²) < 4.78 is 5.86. The van der Waals surface area contributed by atoms with E-state index in [1.165, 1.54) is 0 Å². The van der Waals surface area contributed by atoms with Crippen LogP contribution in [-0.4, -0.2) is 16.2 Å². The SMILES string of the molecule is CC(C(=O)O)c1onc2c(Br)cccc12. The first-order chi connectivity index (χ1) is 7.11.